The summed E-state index contributed by atoms with van der Waals surface area (Å²) in [4.78, 5) is 29.3. The maximum absolute atomic E-state index is 12.4. The summed E-state index contributed by atoms with van der Waals surface area (Å²) in [6, 6.07) is 18.8. The fourth-order valence-corrected chi connectivity index (χ4v) is 5.09. The lowest BCUT2D eigenvalue weighted by Gasteiger charge is -2.09. The largest absolute Gasteiger partial charge is 0.325 e. The van der Waals surface area contributed by atoms with Crippen LogP contribution in [0.5, 0.6) is 0 Å². The van der Waals surface area contributed by atoms with Crippen molar-refractivity contribution in [1.29, 1.82) is 0 Å². The lowest BCUT2D eigenvalue weighted by molar-refractivity contribution is -0.113. The summed E-state index contributed by atoms with van der Waals surface area (Å²) >= 11 is 2.90. The molecule has 0 saturated heterocycles. The fraction of sp³-hybridized carbons (Fsp3) is 0.160. The lowest BCUT2D eigenvalue weighted by atomic mass is 10.1. The fourth-order valence-electron chi connectivity index (χ4n) is 3.18. The number of carbonyl (C=O) groups excluding carboxylic acids is 2. The second kappa shape index (κ2) is 10.1. The molecule has 0 radical (unpaired) electrons. The van der Waals surface area contributed by atoms with E-state index in [9.17, 15) is 9.59 Å². The van der Waals surface area contributed by atoms with Crippen molar-refractivity contribution in [2.24, 2.45) is 0 Å². The van der Waals surface area contributed by atoms with Crippen molar-refractivity contribution < 1.29 is 9.59 Å². The maximum atomic E-state index is 12.4. The van der Waals surface area contributed by atoms with E-state index in [0.29, 0.717) is 5.69 Å². The van der Waals surface area contributed by atoms with E-state index in [1.165, 1.54) is 28.7 Å². The van der Waals surface area contributed by atoms with Gasteiger partial charge in [-0.2, -0.15) is 0 Å². The minimum atomic E-state index is -0.300. The Hall–Kier alpha value is -3.36. The number of urea groups is 1. The first-order valence-electron chi connectivity index (χ1n) is 10.4. The van der Waals surface area contributed by atoms with Gasteiger partial charge in [-0.3, -0.25) is 4.79 Å². The molecule has 0 bridgehead atoms. The third kappa shape index (κ3) is 5.91. The van der Waals surface area contributed by atoms with Crippen LogP contribution < -0.4 is 16.0 Å². The van der Waals surface area contributed by atoms with Crippen LogP contribution in [0, 0.1) is 20.8 Å². The molecule has 1 aromatic heterocycles. The monoisotopic (exact) mass is 476 g/mol. The van der Waals surface area contributed by atoms with Gasteiger partial charge in [-0.15, -0.1) is 11.3 Å². The first kappa shape index (κ1) is 22.8. The third-order valence-electron chi connectivity index (χ3n) is 5.14. The highest BCUT2D eigenvalue weighted by Crippen LogP contribution is 2.31. The Morgan fingerprint density at radius 2 is 1.61 bits per heavy atom. The van der Waals surface area contributed by atoms with Gasteiger partial charge in [-0.25, -0.2) is 9.78 Å². The Morgan fingerprint density at radius 3 is 2.39 bits per heavy atom. The highest BCUT2D eigenvalue weighted by Gasteiger charge is 2.11. The Balaban J connectivity index is 1.35. The zero-order valence-corrected chi connectivity index (χ0v) is 20.2. The molecule has 0 aliphatic heterocycles. The van der Waals surface area contributed by atoms with Crippen LogP contribution in [0.4, 0.5) is 21.9 Å². The smallest absolute Gasteiger partial charge is 0.323 e. The molecule has 0 unspecified atom stereocenters. The molecule has 0 atom stereocenters. The highest BCUT2D eigenvalue weighted by molar-refractivity contribution is 8.01. The van der Waals surface area contributed by atoms with Crippen molar-refractivity contribution in [2.75, 3.05) is 21.7 Å². The van der Waals surface area contributed by atoms with Crippen LogP contribution >= 0.6 is 23.1 Å². The van der Waals surface area contributed by atoms with E-state index in [4.69, 9.17) is 0 Å². The number of hydrogen-bond donors (Lipinski definition) is 3. The minimum absolute atomic E-state index is 0.0715. The molecule has 1 heterocycles. The zero-order valence-electron chi connectivity index (χ0n) is 18.6. The molecule has 168 valence electrons. The molecule has 0 aliphatic carbocycles. The second-order valence-electron chi connectivity index (χ2n) is 7.69. The van der Waals surface area contributed by atoms with Crippen LogP contribution in [0.1, 0.15) is 16.7 Å². The number of amides is 3. The van der Waals surface area contributed by atoms with Crippen molar-refractivity contribution >= 4 is 62.3 Å². The van der Waals surface area contributed by atoms with Crippen LogP contribution in [-0.2, 0) is 4.79 Å². The summed E-state index contributed by atoms with van der Waals surface area (Å²) in [5.41, 5.74) is 6.42. The number of anilines is 3. The number of aromatic nitrogens is 1. The van der Waals surface area contributed by atoms with Gasteiger partial charge < -0.3 is 16.0 Å². The van der Waals surface area contributed by atoms with Crippen LogP contribution in [0.15, 0.2) is 65.0 Å². The van der Waals surface area contributed by atoms with E-state index >= 15 is 0 Å². The Kier molecular flexibility index (Phi) is 6.96. The first-order valence-corrected chi connectivity index (χ1v) is 12.2. The van der Waals surface area contributed by atoms with Crippen LogP contribution in [0.2, 0.25) is 0 Å². The van der Waals surface area contributed by atoms with Crippen LogP contribution in [-0.4, -0.2) is 22.7 Å². The lowest BCUT2D eigenvalue weighted by Crippen LogP contribution is -2.19. The molecule has 33 heavy (non-hydrogen) atoms. The van der Waals surface area contributed by atoms with Gasteiger partial charge in [0.05, 0.1) is 16.0 Å². The molecule has 4 aromatic rings. The molecule has 4 rings (SSSR count). The molecule has 0 fully saturated rings. The summed E-state index contributed by atoms with van der Waals surface area (Å²) in [6.45, 7) is 6.01. The average Bonchev–Trinajstić information content (AvgIpc) is 3.19. The number of fused-ring (bicyclic) bond motifs is 1. The number of nitrogens with zero attached hydrogens (tertiary/aromatic N) is 1. The van der Waals surface area contributed by atoms with Gasteiger partial charge in [-0.1, -0.05) is 36.0 Å². The van der Waals surface area contributed by atoms with Gasteiger partial charge >= 0.3 is 6.03 Å². The van der Waals surface area contributed by atoms with Crippen molar-refractivity contribution in [3.63, 3.8) is 0 Å². The molecule has 0 spiro atoms. The summed E-state index contributed by atoms with van der Waals surface area (Å²) in [6.07, 6.45) is 0. The van der Waals surface area contributed by atoms with E-state index in [2.05, 4.69) is 20.9 Å². The third-order valence-corrected chi connectivity index (χ3v) is 7.30. The van der Waals surface area contributed by atoms with Gasteiger partial charge in [0.25, 0.3) is 0 Å². The van der Waals surface area contributed by atoms with Gasteiger partial charge in [0.2, 0.25) is 5.91 Å². The molecule has 3 amide bonds. The van der Waals surface area contributed by atoms with Crippen molar-refractivity contribution in [1.82, 2.24) is 4.98 Å². The average molecular weight is 477 g/mol. The summed E-state index contributed by atoms with van der Waals surface area (Å²) < 4.78 is 1.75. The Morgan fingerprint density at radius 1 is 0.848 bits per heavy atom. The number of rotatable bonds is 6. The highest BCUT2D eigenvalue weighted by atomic mass is 32.2. The van der Waals surface area contributed by atoms with Crippen LogP contribution in [0.25, 0.3) is 10.2 Å². The van der Waals surface area contributed by atoms with Crippen molar-refractivity contribution in [3.05, 3.63) is 77.4 Å². The molecular weight excluding hydrogens is 452 g/mol. The van der Waals surface area contributed by atoms with E-state index in [0.717, 1.165) is 37.1 Å². The van der Waals surface area contributed by atoms with Gasteiger partial charge in [0.15, 0.2) is 4.34 Å². The van der Waals surface area contributed by atoms with Crippen molar-refractivity contribution in [2.45, 2.75) is 25.1 Å². The number of carbonyl (C=O) groups is 2. The molecule has 6 nitrogen and oxygen atoms in total. The van der Waals surface area contributed by atoms with Gasteiger partial charge in [0, 0.05) is 17.1 Å². The first-order chi connectivity index (χ1) is 15.9. The standard InChI is InChI=1S/C25H24N4O2S2/c1-15-8-9-18(12-17(15)3)26-23(30)14-32-25-29-21-11-10-19(13-22(21)33-25)27-24(31)28-20-7-5-4-6-16(20)2/h4-13H,14H2,1-3H3,(H,26,30)(H2,27,28,31). The minimum Gasteiger partial charge on any atom is -0.325 e. The SMILES string of the molecule is Cc1ccc(NC(=O)CSc2nc3ccc(NC(=O)Nc4ccccc4C)cc3s2)cc1C. The quantitative estimate of drug-likeness (QED) is 0.274. The number of benzene rings is 3. The Labute approximate surface area is 200 Å². The summed E-state index contributed by atoms with van der Waals surface area (Å²) in [7, 11) is 0. The van der Waals surface area contributed by atoms with E-state index in [-0.39, 0.29) is 17.7 Å². The second-order valence-corrected chi connectivity index (χ2v) is 9.95. The summed E-state index contributed by atoms with van der Waals surface area (Å²) in [5.74, 6) is 0.203. The number of nitrogens with one attached hydrogen (secondary N) is 3. The van der Waals surface area contributed by atoms with E-state index in [1.807, 2.05) is 81.4 Å². The topological polar surface area (TPSA) is 83.1 Å². The van der Waals surface area contributed by atoms with Gasteiger partial charge in [-0.05, 0) is 73.9 Å². The number of thiazole rings is 1. The van der Waals surface area contributed by atoms with Gasteiger partial charge in [0.1, 0.15) is 0 Å². The number of hydrogen-bond acceptors (Lipinski definition) is 5. The van der Waals surface area contributed by atoms with E-state index in [1.54, 1.807) is 0 Å². The maximum Gasteiger partial charge on any atom is 0.323 e. The molecule has 3 aromatic carbocycles. The Bertz CT molecular complexity index is 1330. The molecule has 8 heteroatoms. The molecule has 0 aliphatic rings. The number of thioether (sulfide) groups is 1. The molecular formula is C25H24N4O2S2. The molecule has 0 saturated carbocycles. The predicted molar refractivity (Wildman–Crippen MR) is 139 cm³/mol. The number of para-hydroxylation sites is 1. The van der Waals surface area contributed by atoms with Crippen LogP contribution in [0.3, 0.4) is 0 Å². The van der Waals surface area contributed by atoms with E-state index < -0.39 is 0 Å². The predicted octanol–water partition coefficient (Wildman–Crippen LogP) is 6.60. The van der Waals surface area contributed by atoms with Crippen molar-refractivity contribution in [3.8, 4) is 0 Å². The number of aryl methyl sites for hydroxylation is 3. The summed E-state index contributed by atoms with van der Waals surface area (Å²) in [5, 5.41) is 8.65. The normalized spacial score (nSPS) is 10.8. The zero-order chi connectivity index (χ0) is 23.4. The molecule has 3 N–H and O–H groups in total.